The first-order chi connectivity index (χ1) is 6.20. The largest absolute Gasteiger partial charge is 0.478 e. The standard InChI is InChI=1S/C8H4ClNO2S/c9-7-4-1-2-13-6(4)5(3-10-7)8(11)12/h1-3H,(H,11,12). The van der Waals surface area contributed by atoms with Crippen molar-refractivity contribution < 1.29 is 9.90 Å². The van der Waals surface area contributed by atoms with Crippen LogP contribution in [-0.4, -0.2) is 16.1 Å². The van der Waals surface area contributed by atoms with E-state index < -0.39 is 5.97 Å². The Morgan fingerprint density at radius 1 is 1.62 bits per heavy atom. The Morgan fingerprint density at radius 2 is 2.38 bits per heavy atom. The van der Waals surface area contributed by atoms with Crippen molar-refractivity contribution in [1.82, 2.24) is 4.98 Å². The second-order valence-corrected chi connectivity index (χ2v) is 3.71. The van der Waals surface area contributed by atoms with Crippen molar-refractivity contribution in [1.29, 1.82) is 0 Å². The van der Waals surface area contributed by atoms with E-state index in [1.807, 2.05) is 0 Å². The lowest BCUT2D eigenvalue weighted by Crippen LogP contribution is -1.97. The number of halogens is 1. The number of hydrogen-bond donors (Lipinski definition) is 1. The Balaban J connectivity index is 2.86. The average molecular weight is 214 g/mol. The normalized spacial score (nSPS) is 10.5. The van der Waals surface area contributed by atoms with Crippen molar-refractivity contribution >= 4 is 39.0 Å². The van der Waals surface area contributed by atoms with Crippen LogP contribution >= 0.6 is 22.9 Å². The minimum atomic E-state index is -0.975. The molecule has 2 aromatic rings. The molecule has 0 atom stereocenters. The number of aromatic nitrogens is 1. The molecule has 0 fully saturated rings. The van der Waals surface area contributed by atoms with E-state index in [9.17, 15) is 4.79 Å². The smallest absolute Gasteiger partial charge is 0.338 e. The summed E-state index contributed by atoms with van der Waals surface area (Å²) in [6.45, 7) is 0. The fourth-order valence-corrected chi connectivity index (χ4v) is 2.24. The van der Waals surface area contributed by atoms with Gasteiger partial charge in [0.05, 0.1) is 10.3 Å². The van der Waals surface area contributed by atoms with Gasteiger partial charge in [-0.25, -0.2) is 9.78 Å². The van der Waals surface area contributed by atoms with Gasteiger partial charge in [-0.2, -0.15) is 0 Å². The van der Waals surface area contributed by atoms with E-state index in [-0.39, 0.29) is 5.56 Å². The van der Waals surface area contributed by atoms with Crippen LogP contribution in [0, 0.1) is 0 Å². The van der Waals surface area contributed by atoms with E-state index in [2.05, 4.69) is 4.98 Å². The first-order valence-electron chi connectivity index (χ1n) is 3.45. The summed E-state index contributed by atoms with van der Waals surface area (Å²) in [7, 11) is 0. The molecule has 0 unspecified atom stereocenters. The number of thiophene rings is 1. The number of rotatable bonds is 1. The summed E-state index contributed by atoms with van der Waals surface area (Å²) in [6.07, 6.45) is 1.28. The fraction of sp³-hybridized carbons (Fsp3) is 0. The van der Waals surface area contributed by atoms with Gasteiger partial charge in [-0.3, -0.25) is 0 Å². The van der Waals surface area contributed by atoms with Crippen LogP contribution in [0.4, 0.5) is 0 Å². The molecule has 0 aliphatic carbocycles. The molecule has 1 N–H and O–H groups in total. The third-order valence-electron chi connectivity index (χ3n) is 1.67. The molecule has 0 amide bonds. The predicted molar refractivity (Wildman–Crippen MR) is 51.6 cm³/mol. The quantitative estimate of drug-likeness (QED) is 0.741. The summed E-state index contributed by atoms with van der Waals surface area (Å²) in [5, 5.41) is 11.7. The summed E-state index contributed by atoms with van der Waals surface area (Å²) in [6, 6.07) is 1.77. The molecule has 0 aliphatic rings. The van der Waals surface area contributed by atoms with Gasteiger partial charge in [0.25, 0.3) is 0 Å². The monoisotopic (exact) mass is 213 g/mol. The van der Waals surface area contributed by atoms with E-state index in [4.69, 9.17) is 16.7 Å². The van der Waals surface area contributed by atoms with Crippen molar-refractivity contribution in [3.8, 4) is 0 Å². The summed E-state index contributed by atoms with van der Waals surface area (Å²) >= 11 is 7.13. The van der Waals surface area contributed by atoms with Gasteiger partial charge < -0.3 is 5.11 Å². The molecule has 5 heteroatoms. The van der Waals surface area contributed by atoms with Crippen LogP contribution < -0.4 is 0 Å². The third-order valence-corrected chi connectivity index (χ3v) is 2.92. The maximum Gasteiger partial charge on any atom is 0.338 e. The van der Waals surface area contributed by atoms with E-state index in [1.54, 1.807) is 11.4 Å². The van der Waals surface area contributed by atoms with Crippen LogP contribution in [0.1, 0.15) is 10.4 Å². The number of carbonyl (C=O) groups is 1. The Labute approximate surface area is 82.6 Å². The lowest BCUT2D eigenvalue weighted by molar-refractivity contribution is 0.0699. The highest BCUT2D eigenvalue weighted by Crippen LogP contribution is 2.28. The second-order valence-electron chi connectivity index (χ2n) is 2.43. The molecule has 0 bridgehead atoms. The molecule has 3 nitrogen and oxygen atoms in total. The van der Waals surface area contributed by atoms with E-state index in [0.29, 0.717) is 15.2 Å². The van der Waals surface area contributed by atoms with Crippen LogP contribution in [0.25, 0.3) is 10.1 Å². The minimum Gasteiger partial charge on any atom is -0.478 e. The van der Waals surface area contributed by atoms with Crippen LogP contribution in [-0.2, 0) is 0 Å². The van der Waals surface area contributed by atoms with Crippen LogP contribution in [0.15, 0.2) is 17.6 Å². The molecule has 66 valence electrons. The van der Waals surface area contributed by atoms with E-state index in [0.717, 1.165) is 0 Å². The van der Waals surface area contributed by atoms with Crippen LogP contribution in [0.5, 0.6) is 0 Å². The van der Waals surface area contributed by atoms with Crippen LogP contribution in [0.3, 0.4) is 0 Å². The van der Waals surface area contributed by atoms with E-state index in [1.165, 1.54) is 17.5 Å². The lowest BCUT2D eigenvalue weighted by Gasteiger charge is -1.96. The number of carboxylic acids is 1. The Kier molecular flexibility index (Phi) is 1.94. The zero-order valence-electron chi connectivity index (χ0n) is 6.32. The number of aromatic carboxylic acids is 1. The van der Waals surface area contributed by atoms with Gasteiger partial charge in [0.1, 0.15) is 5.15 Å². The highest BCUT2D eigenvalue weighted by atomic mass is 35.5. The number of nitrogens with zero attached hydrogens (tertiary/aromatic N) is 1. The van der Waals surface area contributed by atoms with Gasteiger partial charge in [-0.1, -0.05) is 11.6 Å². The van der Waals surface area contributed by atoms with Crippen molar-refractivity contribution in [2.24, 2.45) is 0 Å². The fourth-order valence-electron chi connectivity index (χ4n) is 1.08. The van der Waals surface area contributed by atoms with Crippen molar-refractivity contribution in [3.63, 3.8) is 0 Å². The molecule has 13 heavy (non-hydrogen) atoms. The topological polar surface area (TPSA) is 50.2 Å². The van der Waals surface area contributed by atoms with Crippen molar-refractivity contribution in [2.75, 3.05) is 0 Å². The number of hydrogen-bond acceptors (Lipinski definition) is 3. The summed E-state index contributed by atoms with van der Waals surface area (Å²) in [5.74, 6) is -0.975. The van der Waals surface area contributed by atoms with Crippen molar-refractivity contribution in [3.05, 3.63) is 28.4 Å². The van der Waals surface area contributed by atoms with E-state index >= 15 is 0 Å². The molecule has 0 radical (unpaired) electrons. The number of fused-ring (bicyclic) bond motifs is 1. The molecule has 0 spiro atoms. The molecule has 0 saturated heterocycles. The van der Waals surface area contributed by atoms with Crippen LogP contribution in [0.2, 0.25) is 5.15 Å². The molecular formula is C8H4ClNO2S. The Hall–Kier alpha value is -1.13. The van der Waals surface area contributed by atoms with Gasteiger partial charge in [-0.15, -0.1) is 11.3 Å². The average Bonchev–Trinajstić information content (AvgIpc) is 2.53. The zero-order valence-corrected chi connectivity index (χ0v) is 7.89. The van der Waals surface area contributed by atoms with Crippen molar-refractivity contribution in [2.45, 2.75) is 0 Å². The van der Waals surface area contributed by atoms with Gasteiger partial charge >= 0.3 is 5.97 Å². The molecule has 2 rings (SSSR count). The highest BCUT2D eigenvalue weighted by molar-refractivity contribution is 7.17. The molecular weight excluding hydrogens is 210 g/mol. The molecule has 0 aromatic carbocycles. The van der Waals surface area contributed by atoms with Gasteiger partial charge in [0.15, 0.2) is 0 Å². The van der Waals surface area contributed by atoms with Gasteiger partial charge in [-0.05, 0) is 11.4 Å². The molecule has 0 saturated carbocycles. The maximum atomic E-state index is 10.7. The number of carboxylic acid groups (broad SMARTS) is 1. The summed E-state index contributed by atoms with van der Waals surface area (Å²) in [4.78, 5) is 14.5. The number of pyridine rings is 1. The summed E-state index contributed by atoms with van der Waals surface area (Å²) < 4.78 is 0.674. The SMILES string of the molecule is O=C(O)c1cnc(Cl)c2ccsc12. The third kappa shape index (κ3) is 1.28. The Morgan fingerprint density at radius 3 is 3.08 bits per heavy atom. The first kappa shape index (κ1) is 8.47. The zero-order chi connectivity index (χ0) is 9.42. The second kappa shape index (κ2) is 2.97. The highest BCUT2D eigenvalue weighted by Gasteiger charge is 2.12. The summed E-state index contributed by atoms with van der Waals surface area (Å²) in [5.41, 5.74) is 0.203. The molecule has 2 heterocycles. The van der Waals surface area contributed by atoms with Gasteiger partial charge in [0.2, 0.25) is 0 Å². The first-order valence-corrected chi connectivity index (χ1v) is 4.71. The van der Waals surface area contributed by atoms with Gasteiger partial charge in [0, 0.05) is 11.6 Å². The minimum absolute atomic E-state index is 0.203. The molecule has 0 aliphatic heterocycles. The molecule has 2 aromatic heterocycles. The Bertz CT molecular complexity index is 480. The maximum absolute atomic E-state index is 10.7. The predicted octanol–water partition coefficient (Wildman–Crippen LogP) is 2.65. The lowest BCUT2D eigenvalue weighted by atomic mass is 10.2.